The van der Waals surface area contributed by atoms with E-state index in [9.17, 15) is 0 Å². The van der Waals surface area contributed by atoms with Crippen LogP contribution in [0.4, 0.5) is 0 Å². The van der Waals surface area contributed by atoms with Gasteiger partial charge >= 0.3 is 0 Å². The van der Waals surface area contributed by atoms with Crippen LogP contribution in [0.15, 0.2) is 42.5 Å². The molecule has 0 atom stereocenters. The lowest BCUT2D eigenvalue weighted by atomic mass is 10.1. The van der Waals surface area contributed by atoms with Crippen LogP contribution < -0.4 is 9.47 Å². The molecule has 1 aromatic heterocycles. The minimum absolute atomic E-state index is 0.577. The highest BCUT2D eigenvalue weighted by Crippen LogP contribution is 2.31. The number of nitrogens with zero attached hydrogens (tertiary/aromatic N) is 4. The van der Waals surface area contributed by atoms with Crippen LogP contribution in [0.5, 0.6) is 11.5 Å². The quantitative estimate of drug-likeness (QED) is 0.744. The van der Waals surface area contributed by atoms with Crippen molar-refractivity contribution in [1.82, 2.24) is 20.2 Å². The number of fused-ring (bicyclic) bond motifs is 1. The molecule has 0 bridgehead atoms. The summed E-state index contributed by atoms with van der Waals surface area (Å²) < 4.78 is 13.0. The Morgan fingerprint density at radius 1 is 1.04 bits per heavy atom. The Labute approximate surface area is 133 Å². The van der Waals surface area contributed by atoms with Crippen molar-refractivity contribution in [3.8, 4) is 22.9 Å². The second-order valence-electron chi connectivity index (χ2n) is 5.45. The van der Waals surface area contributed by atoms with Crippen LogP contribution in [0.2, 0.25) is 0 Å². The molecule has 0 saturated carbocycles. The zero-order valence-electron chi connectivity index (χ0n) is 12.8. The lowest BCUT2D eigenvalue weighted by Crippen LogP contribution is -2.15. The number of aromatic nitrogens is 4. The zero-order chi connectivity index (χ0) is 15.6. The summed E-state index contributed by atoms with van der Waals surface area (Å²) in [6, 6.07) is 14.0. The molecule has 0 fully saturated rings. The van der Waals surface area contributed by atoms with E-state index in [0.29, 0.717) is 19.8 Å². The Morgan fingerprint density at radius 2 is 1.87 bits per heavy atom. The van der Waals surface area contributed by atoms with Crippen molar-refractivity contribution in [3.63, 3.8) is 0 Å². The number of aryl methyl sites for hydroxylation is 1. The molecule has 116 valence electrons. The molecule has 0 radical (unpaired) electrons. The maximum atomic E-state index is 5.63. The first-order valence-electron chi connectivity index (χ1n) is 7.52. The third-order valence-electron chi connectivity index (χ3n) is 3.86. The molecule has 1 aliphatic heterocycles. The summed E-state index contributed by atoms with van der Waals surface area (Å²) in [6.45, 7) is 3.80. The molecule has 4 rings (SSSR count). The number of ether oxygens (including phenoxy) is 2. The van der Waals surface area contributed by atoms with Crippen LogP contribution in [-0.4, -0.2) is 33.4 Å². The van der Waals surface area contributed by atoms with Gasteiger partial charge in [0.2, 0.25) is 0 Å². The van der Waals surface area contributed by atoms with E-state index in [2.05, 4.69) is 28.5 Å². The van der Waals surface area contributed by atoms with E-state index in [1.165, 1.54) is 0 Å². The van der Waals surface area contributed by atoms with E-state index in [4.69, 9.17) is 9.47 Å². The van der Waals surface area contributed by atoms with Crippen molar-refractivity contribution in [3.05, 3.63) is 53.6 Å². The average Bonchev–Trinajstić information content (AvgIpc) is 3.03. The second kappa shape index (κ2) is 5.72. The maximum absolute atomic E-state index is 5.63. The van der Waals surface area contributed by atoms with E-state index in [-0.39, 0.29) is 0 Å². The van der Waals surface area contributed by atoms with Crippen molar-refractivity contribution in [1.29, 1.82) is 0 Å². The highest BCUT2D eigenvalue weighted by atomic mass is 16.6. The van der Waals surface area contributed by atoms with Crippen LogP contribution in [0.1, 0.15) is 11.1 Å². The lowest BCUT2D eigenvalue weighted by molar-refractivity contribution is 0.171. The molecule has 0 spiro atoms. The molecular formula is C17H16N4O2. The Kier molecular flexibility index (Phi) is 3.42. The van der Waals surface area contributed by atoms with Gasteiger partial charge in [0.25, 0.3) is 0 Å². The minimum atomic E-state index is 0.577. The highest BCUT2D eigenvalue weighted by molar-refractivity contribution is 5.59. The fraction of sp³-hybridized carbons (Fsp3) is 0.235. The van der Waals surface area contributed by atoms with E-state index in [1.54, 1.807) is 4.68 Å². The average molecular weight is 308 g/mol. The van der Waals surface area contributed by atoms with Gasteiger partial charge in [-0.2, -0.15) is 0 Å². The molecule has 6 nitrogen and oxygen atoms in total. The third kappa shape index (κ3) is 2.63. The molecule has 0 N–H and O–H groups in total. The lowest BCUT2D eigenvalue weighted by Gasteiger charge is -2.19. The van der Waals surface area contributed by atoms with Crippen molar-refractivity contribution in [2.75, 3.05) is 13.2 Å². The van der Waals surface area contributed by atoms with Gasteiger partial charge in [0, 0.05) is 5.56 Å². The summed E-state index contributed by atoms with van der Waals surface area (Å²) in [6.07, 6.45) is 0. The standard InChI is InChI=1S/C17H16N4O2/c1-12-4-2-3-5-14(12)17-18-19-20-21(17)11-13-6-7-15-16(10-13)23-9-8-22-15/h2-7,10H,8-9,11H2,1H3. The van der Waals surface area contributed by atoms with Crippen molar-refractivity contribution in [2.24, 2.45) is 0 Å². The van der Waals surface area contributed by atoms with Crippen LogP contribution >= 0.6 is 0 Å². The first kappa shape index (κ1) is 13.8. The molecule has 0 amide bonds. The Bertz CT molecular complexity index is 844. The van der Waals surface area contributed by atoms with Gasteiger partial charge in [-0.15, -0.1) is 5.10 Å². The van der Waals surface area contributed by atoms with Gasteiger partial charge in [-0.05, 0) is 40.6 Å². The topological polar surface area (TPSA) is 62.1 Å². The van der Waals surface area contributed by atoms with Gasteiger partial charge < -0.3 is 9.47 Å². The minimum Gasteiger partial charge on any atom is -0.486 e. The molecule has 0 unspecified atom stereocenters. The highest BCUT2D eigenvalue weighted by Gasteiger charge is 2.14. The van der Waals surface area contributed by atoms with Crippen LogP contribution in [0.25, 0.3) is 11.4 Å². The molecule has 0 saturated heterocycles. The van der Waals surface area contributed by atoms with Gasteiger partial charge in [0.15, 0.2) is 17.3 Å². The SMILES string of the molecule is Cc1ccccc1-c1nnnn1Cc1ccc2c(c1)OCCO2. The molecule has 3 aromatic rings. The summed E-state index contributed by atoms with van der Waals surface area (Å²) in [5, 5.41) is 12.1. The predicted molar refractivity (Wildman–Crippen MR) is 84.5 cm³/mol. The summed E-state index contributed by atoms with van der Waals surface area (Å²) in [7, 11) is 0. The number of rotatable bonds is 3. The first-order valence-corrected chi connectivity index (χ1v) is 7.52. The molecule has 0 aliphatic carbocycles. The summed E-state index contributed by atoms with van der Waals surface area (Å²) in [4.78, 5) is 0. The number of hydrogen-bond donors (Lipinski definition) is 0. The Hall–Kier alpha value is -2.89. The fourth-order valence-corrected chi connectivity index (χ4v) is 2.69. The Morgan fingerprint density at radius 3 is 2.74 bits per heavy atom. The van der Waals surface area contributed by atoms with Crippen molar-refractivity contribution in [2.45, 2.75) is 13.5 Å². The van der Waals surface area contributed by atoms with Crippen molar-refractivity contribution >= 4 is 0 Å². The molecule has 23 heavy (non-hydrogen) atoms. The van der Waals surface area contributed by atoms with Gasteiger partial charge in [-0.1, -0.05) is 30.3 Å². The normalized spacial score (nSPS) is 13.1. The molecular weight excluding hydrogens is 292 g/mol. The predicted octanol–water partition coefficient (Wildman–Crippen LogP) is 2.47. The zero-order valence-corrected chi connectivity index (χ0v) is 12.8. The van der Waals surface area contributed by atoms with E-state index < -0.39 is 0 Å². The second-order valence-corrected chi connectivity index (χ2v) is 5.45. The van der Waals surface area contributed by atoms with Crippen LogP contribution in [0.3, 0.4) is 0 Å². The van der Waals surface area contributed by atoms with E-state index in [1.807, 2.05) is 36.4 Å². The Balaban J connectivity index is 1.66. The van der Waals surface area contributed by atoms with Crippen LogP contribution in [-0.2, 0) is 6.54 Å². The number of benzene rings is 2. The summed E-state index contributed by atoms with van der Waals surface area (Å²) in [5.74, 6) is 2.33. The van der Waals surface area contributed by atoms with Crippen molar-refractivity contribution < 1.29 is 9.47 Å². The fourth-order valence-electron chi connectivity index (χ4n) is 2.69. The van der Waals surface area contributed by atoms with Gasteiger partial charge in [0.1, 0.15) is 13.2 Å². The molecule has 2 aromatic carbocycles. The number of hydrogen-bond acceptors (Lipinski definition) is 5. The monoisotopic (exact) mass is 308 g/mol. The largest absolute Gasteiger partial charge is 0.486 e. The number of tetrazole rings is 1. The molecule has 6 heteroatoms. The summed E-state index contributed by atoms with van der Waals surface area (Å²) in [5.41, 5.74) is 3.25. The van der Waals surface area contributed by atoms with Gasteiger partial charge in [0.05, 0.1) is 6.54 Å². The van der Waals surface area contributed by atoms with Gasteiger partial charge in [-0.3, -0.25) is 0 Å². The van der Waals surface area contributed by atoms with E-state index in [0.717, 1.165) is 34.0 Å². The maximum Gasteiger partial charge on any atom is 0.182 e. The molecule has 2 heterocycles. The van der Waals surface area contributed by atoms with E-state index >= 15 is 0 Å². The molecule has 1 aliphatic rings. The van der Waals surface area contributed by atoms with Crippen LogP contribution in [0, 0.1) is 6.92 Å². The first-order chi connectivity index (χ1) is 11.3. The summed E-state index contributed by atoms with van der Waals surface area (Å²) >= 11 is 0. The third-order valence-corrected chi connectivity index (χ3v) is 3.86. The smallest absolute Gasteiger partial charge is 0.182 e. The van der Waals surface area contributed by atoms with Gasteiger partial charge in [-0.25, -0.2) is 4.68 Å².